The number of halogens is 1. The Balaban J connectivity index is 1.56. The molecule has 0 saturated carbocycles. The van der Waals surface area contributed by atoms with E-state index in [1.807, 2.05) is 0 Å². The largest absolute Gasteiger partial charge is 0.340 e. The van der Waals surface area contributed by atoms with E-state index in [0.29, 0.717) is 5.91 Å². The Morgan fingerprint density at radius 1 is 1.10 bits per heavy atom. The maximum Gasteiger partial charge on any atom is 0.226 e. The SMILES string of the molecule is O=C(C1Cc2ccccc2C1)N1CCN(CCBr)CC1. The molecular weight excluding hydrogens is 316 g/mol. The summed E-state index contributed by atoms with van der Waals surface area (Å²) in [7, 11) is 0. The number of hydrogen-bond acceptors (Lipinski definition) is 2. The molecule has 0 radical (unpaired) electrons. The number of benzene rings is 1. The number of nitrogens with zero attached hydrogens (tertiary/aromatic N) is 2. The quantitative estimate of drug-likeness (QED) is 0.787. The lowest BCUT2D eigenvalue weighted by Gasteiger charge is -2.35. The molecule has 4 heteroatoms. The van der Waals surface area contributed by atoms with Crippen molar-refractivity contribution >= 4 is 21.8 Å². The van der Waals surface area contributed by atoms with Crippen molar-refractivity contribution in [2.45, 2.75) is 12.8 Å². The van der Waals surface area contributed by atoms with E-state index < -0.39 is 0 Å². The first kappa shape index (κ1) is 14.1. The predicted octanol–water partition coefficient (Wildman–Crippen LogP) is 1.94. The Labute approximate surface area is 129 Å². The second kappa shape index (κ2) is 6.27. The highest BCUT2D eigenvalue weighted by Gasteiger charge is 2.31. The molecule has 3 nitrogen and oxygen atoms in total. The lowest BCUT2D eigenvalue weighted by atomic mass is 10.0. The van der Waals surface area contributed by atoms with Crippen LogP contribution in [0.2, 0.25) is 0 Å². The van der Waals surface area contributed by atoms with Crippen LogP contribution >= 0.6 is 15.9 Å². The first-order valence-electron chi connectivity index (χ1n) is 7.42. The monoisotopic (exact) mass is 336 g/mol. The Bertz CT molecular complexity index is 458. The summed E-state index contributed by atoms with van der Waals surface area (Å²) in [6.07, 6.45) is 1.85. The van der Waals surface area contributed by atoms with Crippen molar-refractivity contribution in [3.8, 4) is 0 Å². The van der Waals surface area contributed by atoms with Crippen LogP contribution in [0.1, 0.15) is 11.1 Å². The smallest absolute Gasteiger partial charge is 0.226 e. The van der Waals surface area contributed by atoms with Crippen molar-refractivity contribution in [1.82, 2.24) is 9.80 Å². The van der Waals surface area contributed by atoms with E-state index in [2.05, 4.69) is 50.0 Å². The third-order valence-electron chi connectivity index (χ3n) is 4.48. The number of piperazine rings is 1. The van der Waals surface area contributed by atoms with Gasteiger partial charge in [0.1, 0.15) is 0 Å². The molecule has 108 valence electrons. The summed E-state index contributed by atoms with van der Waals surface area (Å²) in [5.41, 5.74) is 2.73. The molecule has 1 amide bonds. The van der Waals surface area contributed by atoms with Crippen LogP contribution in [0.5, 0.6) is 0 Å². The molecule has 3 rings (SSSR count). The van der Waals surface area contributed by atoms with E-state index in [1.54, 1.807) is 0 Å². The summed E-state index contributed by atoms with van der Waals surface area (Å²) >= 11 is 3.48. The molecule has 1 heterocycles. The van der Waals surface area contributed by atoms with Gasteiger partial charge in [-0.3, -0.25) is 9.69 Å². The summed E-state index contributed by atoms with van der Waals surface area (Å²) in [5, 5.41) is 1.01. The van der Waals surface area contributed by atoms with Crippen molar-refractivity contribution < 1.29 is 4.79 Å². The molecule has 0 atom stereocenters. The number of hydrogen-bond donors (Lipinski definition) is 0. The molecule has 20 heavy (non-hydrogen) atoms. The fraction of sp³-hybridized carbons (Fsp3) is 0.562. The molecule has 1 fully saturated rings. The van der Waals surface area contributed by atoms with Gasteiger partial charge in [-0.25, -0.2) is 0 Å². The molecule has 0 unspecified atom stereocenters. The highest BCUT2D eigenvalue weighted by molar-refractivity contribution is 9.09. The molecule has 1 saturated heterocycles. The van der Waals surface area contributed by atoms with E-state index in [4.69, 9.17) is 0 Å². The molecule has 1 aromatic rings. The highest BCUT2D eigenvalue weighted by atomic mass is 79.9. The summed E-state index contributed by atoms with van der Waals surface area (Å²) in [6, 6.07) is 8.47. The number of fused-ring (bicyclic) bond motifs is 1. The van der Waals surface area contributed by atoms with Crippen molar-refractivity contribution in [2.24, 2.45) is 5.92 Å². The molecule has 1 aromatic carbocycles. The van der Waals surface area contributed by atoms with E-state index in [-0.39, 0.29) is 5.92 Å². The van der Waals surface area contributed by atoms with Crippen LogP contribution in [-0.4, -0.2) is 53.8 Å². The first-order chi connectivity index (χ1) is 9.78. The second-order valence-electron chi connectivity index (χ2n) is 5.73. The van der Waals surface area contributed by atoms with Crippen molar-refractivity contribution in [2.75, 3.05) is 38.1 Å². The minimum absolute atomic E-state index is 0.176. The van der Waals surface area contributed by atoms with Crippen molar-refractivity contribution in [3.05, 3.63) is 35.4 Å². The van der Waals surface area contributed by atoms with Crippen LogP contribution in [0.3, 0.4) is 0 Å². The molecule has 0 bridgehead atoms. The van der Waals surface area contributed by atoms with Gasteiger partial charge < -0.3 is 4.90 Å². The third kappa shape index (κ3) is 2.91. The van der Waals surface area contributed by atoms with Gasteiger partial charge in [-0.05, 0) is 24.0 Å². The fourth-order valence-electron chi connectivity index (χ4n) is 3.30. The number of rotatable bonds is 3. The predicted molar refractivity (Wildman–Crippen MR) is 84.2 cm³/mol. The van der Waals surface area contributed by atoms with Gasteiger partial charge in [-0.2, -0.15) is 0 Å². The fourth-order valence-corrected chi connectivity index (χ4v) is 3.80. The number of amides is 1. The highest BCUT2D eigenvalue weighted by Crippen LogP contribution is 2.28. The second-order valence-corrected chi connectivity index (χ2v) is 6.52. The van der Waals surface area contributed by atoms with Gasteiger partial charge >= 0.3 is 0 Å². The zero-order valence-electron chi connectivity index (χ0n) is 11.7. The Morgan fingerprint density at radius 2 is 1.70 bits per heavy atom. The summed E-state index contributed by atoms with van der Waals surface area (Å²) in [6.45, 7) is 4.88. The van der Waals surface area contributed by atoms with Gasteiger partial charge in [0, 0.05) is 44.0 Å². The van der Waals surface area contributed by atoms with E-state index in [0.717, 1.165) is 50.9 Å². The van der Waals surface area contributed by atoms with Crippen LogP contribution in [0.15, 0.2) is 24.3 Å². The van der Waals surface area contributed by atoms with E-state index in [1.165, 1.54) is 11.1 Å². The third-order valence-corrected chi connectivity index (χ3v) is 4.84. The molecule has 1 aliphatic heterocycles. The molecule has 1 aliphatic carbocycles. The number of alkyl halides is 1. The van der Waals surface area contributed by atoms with Gasteiger partial charge in [0.05, 0.1) is 0 Å². The molecule has 0 aromatic heterocycles. The van der Waals surface area contributed by atoms with Crippen molar-refractivity contribution in [1.29, 1.82) is 0 Å². The van der Waals surface area contributed by atoms with Gasteiger partial charge in [0.25, 0.3) is 0 Å². The average molecular weight is 337 g/mol. The summed E-state index contributed by atoms with van der Waals surface area (Å²) in [5.74, 6) is 0.537. The van der Waals surface area contributed by atoms with Gasteiger partial charge in [-0.1, -0.05) is 40.2 Å². The average Bonchev–Trinajstić information content (AvgIpc) is 2.91. The van der Waals surface area contributed by atoms with Crippen LogP contribution in [0.4, 0.5) is 0 Å². The molecule has 0 N–H and O–H groups in total. The molecule has 2 aliphatic rings. The Morgan fingerprint density at radius 3 is 2.25 bits per heavy atom. The van der Waals surface area contributed by atoms with Crippen LogP contribution < -0.4 is 0 Å². The first-order valence-corrected chi connectivity index (χ1v) is 8.54. The van der Waals surface area contributed by atoms with Crippen molar-refractivity contribution in [3.63, 3.8) is 0 Å². The van der Waals surface area contributed by atoms with Crippen LogP contribution in [0.25, 0.3) is 0 Å². The molecule has 0 spiro atoms. The van der Waals surface area contributed by atoms with Gasteiger partial charge in [0.2, 0.25) is 5.91 Å². The van der Waals surface area contributed by atoms with E-state index >= 15 is 0 Å². The lowest BCUT2D eigenvalue weighted by molar-refractivity contribution is -0.137. The van der Waals surface area contributed by atoms with E-state index in [9.17, 15) is 4.79 Å². The zero-order valence-corrected chi connectivity index (χ0v) is 13.3. The maximum absolute atomic E-state index is 12.6. The minimum atomic E-state index is 0.176. The molecular formula is C16H21BrN2O. The standard InChI is InChI=1S/C16H21BrN2O/c17-5-6-18-7-9-19(10-8-18)16(20)15-11-13-3-1-2-4-14(13)12-15/h1-4,15H,5-12H2. The topological polar surface area (TPSA) is 23.6 Å². The van der Waals surface area contributed by atoms with Gasteiger partial charge in [0.15, 0.2) is 0 Å². The van der Waals surface area contributed by atoms with Gasteiger partial charge in [-0.15, -0.1) is 0 Å². The minimum Gasteiger partial charge on any atom is -0.340 e. The zero-order chi connectivity index (χ0) is 13.9. The van der Waals surface area contributed by atoms with Crippen LogP contribution in [0, 0.1) is 5.92 Å². The number of carbonyl (C=O) groups is 1. The normalized spacial score (nSPS) is 20.1. The summed E-state index contributed by atoms with van der Waals surface area (Å²) < 4.78 is 0. The lowest BCUT2D eigenvalue weighted by Crippen LogP contribution is -2.50. The Hall–Kier alpha value is -0.870. The number of carbonyl (C=O) groups excluding carboxylic acids is 1. The van der Waals surface area contributed by atoms with Crippen LogP contribution in [-0.2, 0) is 17.6 Å². The maximum atomic E-state index is 12.6. The summed E-state index contributed by atoms with van der Waals surface area (Å²) in [4.78, 5) is 17.1. The Kier molecular flexibility index (Phi) is 4.41.